The van der Waals surface area contributed by atoms with Gasteiger partial charge in [0.1, 0.15) is 6.26 Å². The highest BCUT2D eigenvalue weighted by Crippen LogP contribution is 2.20. The number of likely N-dealkylation sites (N-methyl/N-ethyl adjacent to an activating group) is 1. The molecule has 7 heteroatoms. The van der Waals surface area contributed by atoms with E-state index in [2.05, 4.69) is 15.0 Å². The van der Waals surface area contributed by atoms with Gasteiger partial charge in [0, 0.05) is 52.4 Å². The molecule has 0 aliphatic carbocycles. The van der Waals surface area contributed by atoms with E-state index in [-0.39, 0.29) is 18.1 Å². The number of hydrogen-bond acceptors (Lipinski definition) is 6. The second-order valence-electron chi connectivity index (χ2n) is 6.14. The van der Waals surface area contributed by atoms with E-state index in [4.69, 9.17) is 9.26 Å². The largest absolute Gasteiger partial charge is 0.380 e. The Hall–Kier alpha value is -1.44. The molecule has 22 heavy (non-hydrogen) atoms. The van der Waals surface area contributed by atoms with Crippen LogP contribution in [0.4, 0.5) is 0 Å². The van der Waals surface area contributed by atoms with E-state index in [1.165, 1.54) is 0 Å². The van der Waals surface area contributed by atoms with E-state index < -0.39 is 0 Å². The van der Waals surface area contributed by atoms with Crippen molar-refractivity contribution in [2.24, 2.45) is 0 Å². The van der Waals surface area contributed by atoms with Gasteiger partial charge in [0.2, 0.25) is 5.91 Å². The van der Waals surface area contributed by atoms with Gasteiger partial charge in [-0.15, -0.1) is 0 Å². The zero-order chi connectivity index (χ0) is 15.5. The van der Waals surface area contributed by atoms with Crippen molar-refractivity contribution in [3.05, 3.63) is 18.0 Å². The number of carbonyl (C=O) groups is 1. The Balaban J connectivity index is 1.49. The SMILES string of the molecule is CO[C@H]1C[C@@H](C(=O)N2CCN(Cc3ccon3)CC2)N(C)C1. The molecular formula is C15H24N4O3. The van der Waals surface area contributed by atoms with E-state index in [1.54, 1.807) is 13.4 Å². The number of aromatic nitrogens is 1. The topological polar surface area (TPSA) is 62.1 Å². The zero-order valence-corrected chi connectivity index (χ0v) is 13.3. The number of rotatable bonds is 4. The standard InChI is InChI=1S/C15H24N4O3/c1-17-11-13(21-2)9-14(17)15(20)19-6-4-18(5-7-19)10-12-3-8-22-16-12/h3,8,13-14H,4-7,9-11H2,1-2H3/t13-,14-/m0/s1. The summed E-state index contributed by atoms with van der Waals surface area (Å²) in [5, 5.41) is 3.94. The average molecular weight is 308 g/mol. The minimum Gasteiger partial charge on any atom is -0.380 e. The molecule has 1 aromatic rings. The van der Waals surface area contributed by atoms with E-state index >= 15 is 0 Å². The Labute approximate surface area is 130 Å². The summed E-state index contributed by atoms with van der Waals surface area (Å²) in [6, 6.07) is 1.85. The lowest BCUT2D eigenvalue weighted by Gasteiger charge is -2.36. The molecule has 2 atom stereocenters. The second-order valence-corrected chi connectivity index (χ2v) is 6.14. The molecule has 7 nitrogen and oxygen atoms in total. The van der Waals surface area contributed by atoms with Gasteiger partial charge in [-0.05, 0) is 13.5 Å². The normalized spacial score (nSPS) is 27.5. The maximum Gasteiger partial charge on any atom is 0.240 e. The molecule has 122 valence electrons. The molecule has 2 fully saturated rings. The third-order valence-electron chi connectivity index (χ3n) is 4.69. The average Bonchev–Trinajstić information content (AvgIpc) is 3.17. The van der Waals surface area contributed by atoms with Crippen molar-refractivity contribution in [3.63, 3.8) is 0 Å². The third-order valence-corrected chi connectivity index (χ3v) is 4.69. The fourth-order valence-corrected chi connectivity index (χ4v) is 3.30. The first-order valence-corrected chi connectivity index (χ1v) is 7.81. The first-order chi connectivity index (χ1) is 10.7. The van der Waals surface area contributed by atoms with Gasteiger partial charge >= 0.3 is 0 Å². The predicted octanol–water partition coefficient (Wildman–Crippen LogP) is 0.0379. The molecular weight excluding hydrogens is 284 g/mol. The van der Waals surface area contributed by atoms with Gasteiger partial charge in [0.05, 0.1) is 17.8 Å². The van der Waals surface area contributed by atoms with Gasteiger partial charge in [0.15, 0.2) is 0 Å². The van der Waals surface area contributed by atoms with Crippen molar-refractivity contribution in [1.29, 1.82) is 0 Å². The van der Waals surface area contributed by atoms with Crippen molar-refractivity contribution < 1.29 is 14.1 Å². The summed E-state index contributed by atoms with van der Waals surface area (Å²) in [5.41, 5.74) is 0.943. The second kappa shape index (κ2) is 6.76. The van der Waals surface area contributed by atoms with E-state index in [0.717, 1.165) is 51.4 Å². The molecule has 0 bridgehead atoms. The number of likely N-dealkylation sites (tertiary alicyclic amines) is 1. The highest BCUT2D eigenvalue weighted by Gasteiger charge is 2.37. The van der Waals surface area contributed by atoms with Crippen LogP contribution in [0.1, 0.15) is 12.1 Å². The molecule has 0 saturated carbocycles. The molecule has 0 N–H and O–H groups in total. The molecule has 0 radical (unpaired) electrons. The number of ether oxygens (including phenoxy) is 1. The van der Waals surface area contributed by atoms with Crippen molar-refractivity contribution in [3.8, 4) is 0 Å². The van der Waals surface area contributed by atoms with Gasteiger partial charge in [-0.2, -0.15) is 0 Å². The van der Waals surface area contributed by atoms with Crippen LogP contribution >= 0.6 is 0 Å². The molecule has 0 unspecified atom stereocenters. The molecule has 1 amide bonds. The summed E-state index contributed by atoms with van der Waals surface area (Å²) in [4.78, 5) is 19.1. The molecule has 2 aliphatic heterocycles. The lowest BCUT2D eigenvalue weighted by molar-refractivity contribution is -0.137. The molecule has 0 aromatic carbocycles. The minimum atomic E-state index is -0.0351. The van der Waals surface area contributed by atoms with Crippen LogP contribution in [-0.2, 0) is 16.1 Å². The van der Waals surface area contributed by atoms with Crippen LogP contribution < -0.4 is 0 Å². The quantitative estimate of drug-likeness (QED) is 0.782. The number of methoxy groups -OCH3 is 1. The van der Waals surface area contributed by atoms with E-state index in [9.17, 15) is 4.79 Å². The Morgan fingerprint density at radius 2 is 2.18 bits per heavy atom. The van der Waals surface area contributed by atoms with Crippen molar-refractivity contribution in [1.82, 2.24) is 19.9 Å². The fourth-order valence-electron chi connectivity index (χ4n) is 3.30. The fraction of sp³-hybridized carbons (Fsp3) is 0.733. The van der Waals surface area contributed by atoms with Crippen LogP contribution in [-0.4, -0.2) is 84.8 Å². The summed E-state index contributed by atoms with van der Waals surface area (Å²) < 4.78 is 10.2. The van der Waals surface area contributed by atoms with Crippen LogP contribution in [0.5, 0.6) is 0 Å². The third kappa shape index (κ3) is 3.31. The van der Waals surface area contributed by atoms with Gasteiger partial charge in [0.25, 0.3) is 0 Å². The van der Waals surface area contributed by atoms with Crippen molar-refractivity contribution in [2.75, 3.05) is 46.9 Å². The molecule has 3 heterocycles. The minimum absolute atomic E-state index is 0.0351. The highest BCUT2D eigenvalue weighted by atomic mass is 16.5. The van der Waals surface area contributed by atoms with Crippen LogP contribution in [0.3, 0.4) is 0 Å². The maximum absolute atomic E-state index is 12.7. The Morgan fingerprint density at radius 1 is 1.41 bits per heavy atom. The monoisotopic (exact) mass is 308 g/mol. The number of hydrogen-bond donors (Lipinski definition) is 0. The Kier molecular flexibility index (Phi) is 4.75. The van der Waals surface area contributed by atoms with Crippen molar-refractivity contribution >= 4 is 5.91 Å². The molecule has 2 saturated heterocycles. The molecule has 1 aromatic heterocycles. The first kappa shape index (κ1) is 15.5. The first-order valence-electron chi connectivity index (χ1n) is 7.81. The lowest BCUT2D eigenvalue weighted by atomic mass is 10.1. The van der Waals surface area contributed by atoms with Gasteiger partial charge < -0.3 is 14.2 Å². The van der Waals surface area contributed by atoms with Gasteiger partial charge in [-0.3, -0.25) is 14.6 Å². The highest BCUT2D eigenvalue weighted by molar-refractivity contribution is 5.82. The Morgan fingerprint density at radius 3 is 2.77 bits per heavy atom. The van der Waals surface area contributed by atoms with Gasteiger partial charge in [-0.1, -0.05) is 5.16 Å². The number of amides is 1. The number of carbonyl (C=O) groups excluding carboxylic acids is 1. The molecule has 2 aliphatic rings. The van der Waals surface area contributed by atoms with E-state index in [1.807, 2.05) is 18.0 Å². The summed E-state index contributed by atoms with van der Waals surface area (Å²) >= 11 is 0. The summed E-state index contributed by atoms with van der Waals surface area (Å²) in [6.07, 6.45) is 2.56. The van der Waals surface area contributed by atoms with Crippen LogP contribution in [0.15, 0.2) is 16.9 Å². The lowest BCUT2D eigenvalue weighted by Crippen LogP contribution is -2.52. The zero-order valence-electron chi connectivity index (χ0n) is 13.3. The van der Waals surface area contributed by atoms with E-state index in [0.29, 0.717) is 0 Å². The maximum atomic E-state index is 12.7. The number of nitrogens with zero attached hydrogens (tertiary/aromatic N) is 4. The Bertz CT molecular complexity index is 485. The van der Waals surface area contributed by atoms with Crippen LogP contribution in [0.2, 0.25) is 0 Å². The van der Waals surface area contributed by atoms with Gasteiger partial charge in [-0.25, -0.2) is 0 Å². The smallest absolute Gasteiger partial charge is 0.240 e. The molecule has 3 rings (SSSR count). The molecule has 0 spiro atoms. The van der Waals surface area contributed by atoms with Crippen molar-refractivity contribution in [2.45, 2.75) is 25.1 Å². The summed E-state index contributed by atoms with van der Waals surface area (Å²) in [5.74, 6) is 0.239. The summed E-state index contributed by atoms with van der Waals surface area (Å²) in [6.45, 7) is 4.93. The predicted molar refractivity (Wildman–Crippen MR) is 80.2 cm³/mol. The van der Waals surface area contributed by atoms with Crippen LogP contribution in [0, 0.1) is 0 Å². The van der Waals surface area contributed by atoms with Crippen LogP contribution in [0.25, 0.3) is 0 Å². The number of piperazine rings is 1. The summed E-state index contributed by atoms with van der Waals surface area (Å²) in [7, 11) is 3.72.